The van der Waals surface area contributed by atoms with Crippen LogP contribution in [0.15, 0.2) is 12.7 Å². The molecule has 0 saturated carbocycles. The van der Waals surface area contributed by atoms with Gasteiger partial charge in [0, 0.05) is 26.1 Å². The molecule has 0 radical (unpaired) electrons. The van der Waals surface area contributed by atoms with Crippen LogP contribution in [0.5, 0.6) is 0 Å². The Morgan fingerprint density at radius 1 is 1.30 bits per heavy atom. The summed E-state index contributed by atoms with van der Waals surface area (Å²) in [5.41, 5.74) is 0. The molecule has 0 spiro atoms. The number of carbonyl (C=O) groups is 3. The van der Waals surface area contributed by atoms with Gasteiger partial charge in [0.15, 0.2) is 0 Å². The average Bonchev–Trinajstić information content (AvgIpc) is 2.35. The van der Waals surface area contributed by atoms with E-state index in [9.17, 15) is 14.4 Å². The van der Waals surface area contributed by atoms with E-state index in [-0.39, 0.29) is 25.4 Å². The lowest BCUT2D eigenvalue weighted by atomic mass is 10.2. The zero-order chi connectivity index (χ0) is 15.5. The molecular weight excluding hydrogens is 262 g/mol. The van der Waals surface area contributed by atoms with Crippen molar-refractivity contribution in [3.05, 3.63) is 12.7 Å². The van der Waals surface area contributed by atoms with Gasteiger partial charge in [0.05, 0.1) is 0 Å². The van der Waals surface area contributed by atoms with E-state index in [1.54, 1.807) is 0 Å². The third-order valence-corrected chi connectivity index (χ3v) is 2.30. The predicted octanol–water partition coefficient (Wildman–Crippen LogP) is 0.431. The maximum atomic E-state index is 11.7. The van der Waals surface area contributed by atoms with Gasteiger partial charge < -0.3 is 20.6 Å². The molecule has 3 N–H and O–H groups in total. The van der Waals surface area contributed by atoms with Crippen LogP contribution in [0.4, 0.5) is 4.79 Å². The molecule has 0 aliphatic heterocycles. The molecule has 0 heterocycles. The average molecular weight is 285 g/mol. The summed E-state index contributed by atoms with van der Waals surface area (Å²) >= 11 is 0. The molecular formula is C13H23N3O4. The monoisotopic (exact) mass is 285 g/mol. The van der Waals surface area contributed by atoms with Crippen molar-refractivity contribution in [1.29, 1.82) is 0 Å². The molecule has 0 rings (SSSR count). The van der Waals surface area contributed by atoms with Crippen LogP contribution in [-0.2, 0) is 9.59 Å². The lowest BCUT2D eigenvalue weighted by molar-refractivity contribution is -0.137. The largest absolute Gasteiger partial charge is 0.480 e. The number of carboxylic acids is 1. The number of rotatable bonds is 9. The molecule has 3 amide bonds. The minimum Gasteiger partial charge on any atom is -0.480 e. The van der Waals surface area contributed by atoms with Gasteiger partial charge in [-0.1, -0.05) is 19.9 Å². The van der Waals surface area contributed by atoms with Gasteiger partial charge in [-0.3, -0.25) is 9.59 Å². The summed E-state index contributed by atoms with van der Waals surface area (Å²) < 4.78 is 0. The van der Waals surface area contributed by atoms with Crippen molar-refractivity contribution in [1.82, 2.24) is 15.5 Å². The Labute approximate surface area is 119 Å². The fourth-order valence-corrected chi connectivity index (χ4v) is 1.34. The van der Waals surface area contributed by atoms with E-state index < -0.39 is 18.5 Å². The number of carbonyl (C=O) groups excluding carboxylic acids is 2. The first-order valence-corrected chi connectivity index (χ1v) is 6.49. The van der Waals surface area contributed by atoms with Crippen molar-refractivity contribution < 1.29 is 19.5 Å². The Kier molecular flexibility index (Phi) is 8.82. The van der Waals surface area contributed by atoms with Gasteiger partial charge in [-0.2, -0.15) is 0 Å². The van der Waals surface area contributed by atoms with Crippen molar-refractivity contribution in [2.75, 3.05) is 26.2 Å². The number of aliphatic carboxylic acids is 1. The van der Waals surface area contributed by atoms with Crippen LogP contribution in [0, 0.1) is 5.92 Å². The normalized spacial score (nSPS) is 9.95. The molecule has 0 aliphatic carbocycles. The van der Waals surface area contributed by atoms with E-state index in [1.165, 1.54) is 6.08 Å². The molecule has 0 aromatic heterocycles. The van der Waals surface area contributed by atoms with Crippen LogP contribution in [-0.4, -0.2) is 54.1 Å². The molecule has 0 unspecified atom stereocenters. The summed E-state index contributed by atoms with van der Waals surface area (Å²) in [7, 11) is 0. The minimum absolute atomic E-state index is 0.137. The van der Waals surface area contributed by atoms with E-state index in [4.69, 9.17) is 5.11 Å². The number of amides is 3. The number of carboxylic acid groups (broad SMARTS) is 1. The Morgan fingerprint density at radius 3 is 2.45 bits per heavy atom. The van der Waals surface area contributed by atoms with Crippen LogP contribution < -0.4 is 10.6 Å². The first kappa shape index (κ1) is 17.9. The second-order valence-electron chi connectivity index (χ2n) is 4.74. The lowest BCUT2D eigenvalue weighted by Gasteiger charge is -2.19. The third-order valence-electron chi connectivity index (χ3n) is 2.30. The van der Waals surface area contributed by atoms with Crippen LogP contribution >= 0.6 is 0 Å². The zero-order valence-corrected chi connectivity index (χ0v) is 12.0. The minimum atomic E-state index is -1.10. The molecule has 0 atom stereocenters. The second-order valence-corrected chi connectivity index (χ2v) is 4.74. The summed E-state index contributed by atoms with van der Waals surface area (Å²) in [4.78, 5) is 34.8. The van der Waals surface area contributed by atoms with E-state index in [1.807, 2.05) is 13.8 Å². The molecule has 7 heteroatoms. The van der Waals surface area contributed by atoms with Gasteiger partial charge >= 0.3 is 12.0 Å². The first-order chi connectivity index (χ1) is 9.36. The molecule has 0 bridgehead atoms. The number of nitrogens with zero attached hydrogens (tertiary/aromatic N) is 1. The highest BCUT2D eigenvalue weighted by molar-refractivity contribution is 5.81. The number of urea groups is 1. The summed E-state index contributed by atoms with van der Waals surface area (Å²) in [6.07, 6.45) is 1.60. The summed E-state index contributed by atoms with van der Waals surface area (Å²) in [5, 5.41) is 13.9. The Bertz CT molecular complexity index is 356. The van der Waals surface area contributed by atoms with Crippen molar-refractivity contribution >= 4 is 17.9 Å². The highest BCUT2D eigenvalue weighted by atomic mass is 16.4. The summed E-state index contributed by atoms with van der Waals surface area (Å²) in [5.74, 6) is -0.878. The van der Waals surface area contributed by atoms with Crippen LogP contribution in [0.2, 0.25) is 0 Å². The van der Waals surface area contributed by atoms with Crippen LogP contribution in [0.1, 0.15) is 20.3 Å². The molecule has 0 saturated heterocycles. The predicted molar refractivity (Wildman–Crippen MR) is 75.3 cm³/mol. The second kappa shape index (κ2) is 9.82. The smallest absolute Gasteiger partial charge is 0.323 e. The standard InChI is InChI=1S/C13H23N3O4/c1-4-7-16(9-12(18)19)13(20)14-6-5-11(17)15-8-10(2)3/h4,10H,1,5-9H2,2-3H3,(H,14,20)(H,15,17)(H,18,19). The number of nitrogens with one attached hydrogen (secondary N) is 2. The van der Waals surface area contributed by atoms with Crippen molar-refractivity contribution in [2.45, 2.75) is 20.3 Å². The van der Waals surface area contributed by atoms with Gasteiger partial charge in [-0.15, -0.1) is 6.58 Å². The molecule has 0 aromatic rings. The van der Waals surface area contributed by atoms with Crippen molar-refractivity contribution in [3.63, 3.8) is 0 Å². The summed E-state index contributed by atoms with van der Waals surface area (Å²) in [6.45, 7) is 7.92. The Balaban J connectivity index is 4.02. The van der Waals surface area contributed by atoms with Crippen molar-refractivity contribution in [3.8, 4) is 0 Å². The van der Waals surface area contributed by atoms with E-state index in [2.05, 4.69) is 17.2 Å². The highest BCUT2D eigenvalue weighted by Crippen LogP contribution is 1.92. The van der Waals surface area contributed by atoms with E-state index >= 15 is 0 Å². The quantitative estimate of drug-likeness (QED) is 0.535. The topological polar surface area (TPSA) is 98.7 Å². The number of hydrogen-bond donors (Lipinski definition) is 3. The van der Waals surface area contributed by atoms with Crippen molar-refractivity contribution in [2.24, 2.45) is 5.92 Å². The Hall–Kier alpha value is -2.05. The van der Waals surface area contributed by atoms with Crippen LogP contribution in [0.25, 0.3) is 0 Å². The maximum Gasteiger partial charge on any atom is 0.323 e. The molecule has 0 aromatic carbocycles. The van der Waals surface area contributed by atoms with Gasteiger partial charge in [0.2, 0.25) is 5.91 Å². The van der Waals surface area contributed by atoms with Gasteiger partial charge in [-0.05, 0) is 5.92 Å². The maximum absolute atomic E-state index is 11.7. The fraction of sp³-hybridized carbons (Fsp3) is 0.615. The van der Waals surface area contributed by atoms with E-state index in [0.29, 0.717) is 12.5 Å². The fourth-order valence-electron chi connectivity index (χ4n) is 1.34. The molecule has 0 fully saturated rings. The molecule has 114 valence electrons. The Morgan fingerprint density at radius 2 is 1.95 bits per heavy atom. The third kappa shape index (κ3) is 8.96. The summed E-state index contributed by atoms with van der Waals surface area (Å²) in [6, 6.07) is -0.524. The SMILES string of the molecule is C=CCN(CC(=O)O)C(=O)NCCC(=O)NCC(C)C. The van der Waals surface area contributed by atoms with Gasteiger partial charge in [0.1, 0.15) is 6.54 Å². The zero-order valence-electron chi connectivity index (χ0n) is 12.0. The van der Waals surface area contributed by atoms with E-state index in [0.717, 1.165) is 4.90 Å². The number of hydrogen-bond acceptors (Lipinski definition) is 3. The van der Waals surface area contributed by atoms with Crippen LogP contribution in [0.3, 0.4) is 0 Å². The molecule has 7 nitrogen and oxygen atoms in total. The molecule has 0 aliphatic rings. The lowest BCUT2D eigenvalue weighted by Crippen LogP contribution is -2.43. The highest BCUT2D eigenvalue weighted by Gasteiger charge is 2.15. The first-order valence-electron chi connectivity index (χ1n) is 6.49. The van der Waals surface area contributed by atoms with Gasteiger partial charge in [0.25, 0.3) is 0 Å². The van der Waals surface area contributed by atoms with Gasteiger partial charge in [-0.25, -0.2) is 4.79 Å². The molecule has 20 heavy (non-hydrogen) atoms.